The summed E-state index contributed by atoms with van der Waals surface area (Å²) < 4.78 is 23.9. The smallest absolute Gasteiger partial charge is 0.191 e. The molecule has 2 N–H and O–H groups in total. The maximum absolute atomic E-state index is 13.3. The van der Waals surface area contributed by atoms with Gasteiger partial charge in [0.25, 0.3) is 0 Å². The van der Waals surface area contributed by atoms with Crippen LogP contribution in [0.2, 0.25) is 0 Å². The fourth-order valence-electron chi connectivity index (χ4n) is 2.95. The second-order valence-corrected chi connectivity index (χ2v) is 6.21. The van der Waals surface area contributed by atoms with Crippen molar-refractivity contribution in [3.05, 3.63) is 35.6 Å². The van der Waals surface area contributed by atoms with Crippen molar-refractivity contribution in [2.75, 3.05) is 59.7 Å². The lowest BCUT2D eigenvalue weighted by Gasteiger charge is -2.34. The van der Waals surface area contributed by atoms with Gasteiger partial charge in [-0.25, -0.2) is 4.39 Å². The van der Waals surface area contributed by atoms with E-state index in [1.165, 1.54) is 12.1 Å². The molecular weight excluding hydrogens is 462 g/mol. The SMILES string of the molecule is CCNC(=NCC(c1ccc(F)cc1)N1CCOCC1)NCCCOC.I. The number of hydrogen-bond donors (Lipinski definition) is 2. The molecule has 8 heteroatoms. The highest BCUT2D eigenvalue weighted by atomic mass is 127. The van der Waals surface area contributed by atoms with Gasteiger partial charge in [-0.05, 0) is 31.0 Å². The second kappa shape index (κ2) is 14.1. The summed E-state index contributed by atoms with van der Waals surface area (Å²) in [6, 6.07) is 6.84. The van der Waals surface area contributed by atoms with Gasteiger partial charge in [0, 0.05) is 39.9 Å². The lowest BCUT2D eigenvalue weighted by atomic mass is 10.0. The third-order valence-corrected chi connectivity index (χ3v) is 4.33. The van der Waals surface area contributed by atoms with Crippen LogP contribution in [-0.2, 0) is 9.47 Å². The number of halogens is 2. The Hall–Kier alpha value is -0.970. The Morgan fingerprint density at radius 3 is 2.59 bits per heavy atom. The Labute approximate surface area is 178 Å². The molecule has 0 spiro atoms. The predicted octanol–water partition coefficient (Wildman–Crippen LogP) is 2.41. The molecule has 0 radical (unpaired) electrons. The zero-order valence-corrected chi connectivity index (χ0v) is 18.6. The number of ether oxygens (including phenoxy) is 2. The normalized spacial score (nSPS) is 16.5. The molecule has 27 heavy (non-hydrogen) atoms. The van der Waals surface area contributed by atoms with E-state index in [1.54, 1.807) is 7.11 Å². The van der Waals surface area contributed by atoms with Crippen LogP contribution in [0, 0.1) is 5.82 Å². The van der Waals surface area contributed by atoms with Crippen LogP contribution in [0.15, 0.2) is 29.3 Å². The van der Waals surface area contributed by atoms with E-state index in [1.807, 2.05) is 19.1 Å². The Kier molecular flexibility index (Phi) is 12.6. The van der Waals surface area contributed by atoms with Gasteiger partial charge in [-0.1, -0.05) is 12.1 Å². The molecule has 1 fully saturated rings. The largest absolute Gasteiger partial charge is 0.385 e. The highest BCUT2D eigenvalue weighted by Gasteiger charge is 2.22. The van der Waals surface area contributed by atoms with Gasteiger partial charge in [0.15, 0.2) is 5.96 Å². The molecule has 1 aliphatic rings. The maximum atomic E-state index is 13.3. The van der Waals surface area contributed by atoms with Crippen molar-refractivity contribution < 1.29 is 13.9 Å². The van der Waals surface area contributed by atoms with Gasteiger partial charge < -0.3 is 20.1 Å². The van der Waals surface area contributed by atoms with Crippen molar-refractivity contribution in [2.45, 2.75) is 19.4 Å². The van der Waals surface area contributed by atoms with Crippen LogP contribution in [0.4, 0.5) is 4.39 Å². The third kappa shape index (κ3) is 8.71. The molecule has 1 unspecified atom stereocenters. The molecule has 154 valence electrons. The predicted molar refractivity (Wildman–Crippen MR) is 117 cm³/mol. The van der Waals surface area contributed by atoms with Crippen molar-refractivity contribution in [1.82, 2.24) is 15.5 Å². The van der Waals surface area contributed by atoms with Crippen LogP contribution in [0.25, 0.3) is 0 Å². The van der Waals surface area contributed by atoms with Crippen LogP contribution in [0.1, 0.15) is 24.9 Å². The van der Waals surface area contributed by atoms with Gasteiger partial charge in [0.1, 0.15) is 5.82 Å². The molecule has 2 rings (SSSR count). The Morgan fingerprint density at radius 2 is 1.96 bits per heavy atom. The first-order chi connectivity index (χ1) is 12.7. The van der Waals surface area contributed by atoms with Gasteiger partial charge in [-0.3, -0.25) is 9.89 Å². The highest BCUT2D eigenvalue weighted by Crippen LogP contribution is 2.22. The number of aliphatic imine (C=N–C) groups is 1. The summed E-state index contributed by atoms with van der Waals surface area (Å²) in [6.07, 6.45) is 0.922. The maximum Gasteiger partial charge on any atom is 0.191 e. The number of nitrogens with zero attached hydrogens (tertiary/aromatic N) is 2. The van der Waals surface area contributed by atoms with E-state index in [4.69, 9.17) is 14.5 Å². The summed E-state index contributed by atoms with van der Waals surface area (Å²) in [5.41, 5.74) is 1.08. The van der Waals surface area contributed by atoms with Gasteiger partial charge in [-0.15, -0.1) is 24.0 Å². The first-order valence-electron chi connectivity index (χ1n) is 9.33. The minimum Gasteiger partial charge on any atom is -0.385 e. The number of nitrogens with one attached hydrogen (secondary N) is 2. The van der Waals surface area contributed by atoms with Gasteiger partial charge in [0.2, 0.25) is 0 Å². The summed E-state index contributed by atoms with van der Waals surface area (Å²) in [5, 5.41) is 6.60. The molecule has 0 saturated carbocycles. The summed E-state index contributed by atoms with van der Waals surface area (Å²) in [6.45, 7) is 8.13. The van der Waals surface area contributed by atoms with Crippen molar-refractivity contribution in [1.29, 1.82) is 0 Å². The van der Waals surface area contributed by atoms with Crippen LogP contribution in [0.3, 0.4) is 0 Å². The Balaban J connectivity index is 0.00000364. The van der Waals surface area contributed by atoms with E-state index in [2.05, 4.69) is 15.5 Å². The molecule has 1 aromatic rings. The van der Waals surface area contributed by atoms with Crippen molar-refractivity contribution in [3.8, 4) is 0 Å². The van der Waals surface area contributed by atoms with Crippen LogP contribution in [0.5, 0.6) is 0 Å². The van der Waals surface area contributed by atoms with Crippen molar-refractivity contribution in [3.63, 3.8) is 0 Å². The van der Waals surface area contributed by atoms with Gasteiger partial charge in [0.05, 0.1) is 25.8 Å². The number of rotatable bonds is 9. The first kappa shape index (κ1) is 24.1. The fourth-order valence-corrected chi connectivity index (χ4v) is 2.95. The number of hydrogen-bond acceptors (Lipinski definition) is 4. The Bertz CT molecular complexity index is 539. The zero-order chi connectivity index (χ0) is 18.6. The van der Waals surface area contributed by atoms with Crippen LogP contribution < -0.4 is 10.6 Å². The Morgan fingerprint density at radius 1 is 1.26 bits per heavy atom. The fraction of sp³-hybridized carbons (Fsp3) is 0.632. The van der Waals surface area contributed by atoms with Gasteiger partial charge in [-0.2, -0.15) is 0 Å². The molecule has 0 amide bonds. The molecule has 1 aromatic carbocycles. The zero-order valence-electron chi connectivity index (χ0n) is 16.2. The first-order valence-corrected chi connectivity index (χ1v) is 9.33. The number of benzene rings is 1. The monoisotopic (exact) mass is 494 g/mol. The molecular formula is C19H32FIN4O2. The average molecular weight is 494 g/mol. The van der Waals surface area contributed by atoms with E-state index in [-0.39, 0.29) is 35.8 Å². The molecule has 1 aliphatic heterocycles. The standard InChI is InChI=1S/C19H31FN4O2.HI/c1-3-21-19(22-9-4-12-25-2)23-15-18(24-10-13-26-14-11-24)16-5-7-17(20)8-6-16;/h5-8,18H,3-4,9-15H2,1-2H3,(H2,21,22,23);1H. The lowest BCUT2D eigenvalue weighted by molar-refractivity contribution is 0.0179. The van der Waals surface area contributed by atoms with Crippen molar-refractivity contribution in [2.24, 2.45) is 4.99 Å². The number of guanidine groups is 1. The lowest BCUT2D eigenvalue weighted by Crippen LogP contribution is -2.42. The number of methoxy groups -OCH3 is 1. The minimum absolute atomic E-state index is 0. The molecule has 1 saturated heterocycles. The van der Waals surface area contributed by atoms with Crippen LogP contribution in [-0.4, -0.2) is 70.5 Å². The highest BCUT2D eigenvalue weighted by molar-refractivity contribution is 14.0. The molecule has 1 heterocycles. The van der Waals surface area contributed by atoms with Gasteiger partial charge >= 0.3 is 0 Å². The molecule has 0 bridgehead atoms. The minimum atomic E-state index is -0.217. The molecule has 0 aromatic heterocycles. The summed E-state index contributed by atoms with van der Waals surface area (Å²) >= 11 is 0. The van der Waals surface area contributed by atoms with E-state index < -0.39 is 0 Å². The third-order valence-electron chi connectivity index (χ3n) is 4.33. The number of morpholine rings is 1. The summed E-state index contributed by atoms with van der Waals surface area (Å²) in [4.78, 5) is 7.12. The molecule has 6 nitrogen and oxygen atoms in total. The van der Waals surface area contributed by atoms with E-state index in [9.17, 15) is 4.39 Å². The van der Waals surface area contributed by atoms with E-state index >= 15 is 0 Å². The molecule has 1 atom stereocenters. The second-order valence-electron chi connectivity index (χ2n) is 6.21. The quantitative estimate of drug-likeness (QED) is 0.239. The summed E-state index contributed by atoms with van der Waals surface area (Å²) in [7, 11) is 1.70. The van der Waals surface area contributed by atoms with Crippen molar-refractivity contribution >= 4 is 29.9 Å². The topological polar surface area (TPSA) is 58.1 Å². The molecule has 0 aliphatic carbocycles. The van der Waals surface area contributed by atoms with E-state index in [0.717, 1.165) is 63.9 Å². The van der Waals surface area contributed by atoms with E-state index in [0.29, 0.717) is 6.54 Å². The average Bonchev–Trinajstić information content (AvgIpc) is 2.67. The van der Waals surface area contributed by atoms with Crippen LogP contribution >= 0.6 is 24.0 Å². The summed E-state index contributed by atoms with van der Waals surface area (Å²) in [5.74, 6) is 0.579.